The summed E-state index contributed by atoms with van der Waals surface area (Å²) in [7, 11) is 1.64. The summed E-state index contributed by atoms with van der Waals surface area (Å²) < 4.78 is 0. The molecule has 6 nitrogen and oxygen atoms in total. The smallest absolute Gasteiger partial charge is 0.317 e. The van der Waals surface area contributed by atoms with E-state index in [1.54, 1.807) is 12.6 Å². The summed E-state index contributed by atoms with van der Waals surface area (Å²) >= 11 is 1.48. The van der Waals surface area contributed by atoms with Gasteiger partial charge in [-0.2, -0.15) is 0 Å². The van der Waals surface area contributed by atoms with Crippen LogP contribution < -0.4 is 5.32 Å². The molecular formula is C10H15N3O3S. The fraction of sp³-hybridized carbons (Fsp3) is 0.500. The summed E-state index contributed by atoms with van der Waals surface area (Å²) in [6.45, 7) is 0.820. The van der Waals surface area contributed by atoms with Crippen LogP contribution >= 0.6 is 11.3 Å². The number of carbonyl (C=O) groups excluding carboxylic acids is 1. The van der Waals surface area contributed by atoms with E-state index < -0.39 is 5.97 Å². The zero-order valence-corrected chi connectivity index (χ0v) is 10.4. The molecule has 0 spiro atoms. The van der Waals surface area contributed by atoms with Gasteiger partial charge < -0.3 is 15.3 Å². The van der Waals surface area contributed by atoms with Crippen LogP contribution in [0.2, 0.25) is 0 Å². The quantitative estimate of drug-likeness (QED) is 0.800. The molecule has 0 atom stereocenters. The van der Waals surface area contributed by atoms with Crippen LogP contribution in [0.15, 0.2) is 10.9 Å². The number of amides is 2. The van der Waals surface area contributed by atoms with Crippen LogP contribution in [0.1, 0.15) is 18.5 Å². The Hall–Kier alpha value is -1.63. The average molecular weight is 257 g/mol. The van der Waals surface area contributed by atoms with E-state index in [0.29, 0.717) is 19.5 Å². The van der Waals surface area contributed by atoms with E-state index in [4.69, 9.17) is 5.11 Å². The highest BCUT2D eigenvalue weighted by Crippen LogP contribution is 2.00. The number of carboxylic acid groups (broad SMARTS) is 1. The molecule has 0 fully saturated rings. The zero-order valence-electron chi connectivity index (χ0n) is 9.55. The van der Waals surface area contributed by atoms with Gasteiger partial charge in [-0.05, 0) is 6.42 Å². The lowest BCUT2D eigenvalue weighted by atomic mass is 10.3. The Balaban J connectivity index is 2.20. The summed E-state index contributed by atoms with van der Waals surface area (Å²) in [5.41, 5.74) is 2.53. The van der Waals surface area contributed by atoms with Gasteiger partial charge in [0.25, 0.3) is 0 Å². The Labute approximate surface area is 103 Å². The van der Waals surface area contributed by atoms with Crippen molar-refractivity contribution in [2.45, 2.75) is 19.4 Å². The van der Waals surface area contributed by atoms with Gasteiger partial charge in [0.05, 0.1) is 17.7 Å². The van der Waals surface area contributed by atoms with Crippen LogP contribution in [0.5, 0.6) is 0 Å². The third kappa shape index (κ3) is 5.30. The van der Waals surface area contributed by atoms with Crippen molar-refractivity contribution in [3.8, 4) is 0 Å². The Bertz CT molecular complexity index is 367. The van der Waals surface area contributed by atoms with E-state index in [2.05, 4.69) is 10.3 Å². The molecule has 0 bridgehead atoms. The van der Waals surface area contributed by atoms with Crippen LogP contribution in [0, 0.1) is 0 Å². The molecular weight excluding hydrogens is 242 g/mol. The average Bonchev–Trinajstić information content (AvgIpc) is 2.78. The second-order valence-corrected chi connectivity index (χ2v) is 4.28. The largest absolute Gasteiger partial charge is 0.481 e. The maximum absolute atomic E-state index is 11.6. The first-order valence-electron chi connectivity index (χ1n) is 5.17. The van der Waals surface area contributed by atoms with Gasteiger partial charge in [-0.25, -0.2) is 9.78 Å². The predicted molar refractivity (Wildman–Crippen MR) is 63.8 cm³/mol. The van der Waals surface area contributed by atoms with Gasteiger partial charge in [0.2, 0.25) is 0 Å². The summed E-state index contributed by atoms with van der Waals surface area (Å²) in [5, 5.41) is 13.0. The summed E-state index contributed by atoms with van der Waals surface area (Å²) in [5.74, 6) is -0.846. The molecule has 0 aliphatic heterocycles. The van der Waals surface area contributed by atoms with Gasteiger partial charge in [-0.15, -0.1) is 11.3 Å². The van der Waals surface area contributed by atoms with Gasteiger partial charge in [0.15, 0.2) is 0 Å². The summed E-state index contributed by atoms with van der Waals surface area (Å²) in [6.07, 6.45) is 0.527. The molecule has 0 radical (unpaired) electrons. The number of urea groups is 1. The van der Waals surface area contributed by atoms with Crippen molar-refractivity contribution in [3.63, 3.8) is 0 Å². The van der Waals surface area contributed by atoms with E-state index in [-0.39, 0.29) is 12.5 Å². The fourth-order valence-corrected chi connectivity index (χ4v) is 1.75. The molecule has 17 heavy (non-hydrogen) atoms. The summed E-state index contributed by atoms with van der Waals surface area (Å²) in [4.78, 5) is 27.4. The zero-order chi connectivity index (χ0) is 12.7. The van der Waals surface area contributed by atoms with Crippen LogP contribution in [0.25, 0.3) is 0 Å². The molecule has 0 aromatic carbocycles. The van der Waals surface area contributed by atoms with Gasteiger partial charge in [0.1, 0.15) is 0 Å². The van der Waals surface area contributed by atoms with E-state index in [0.717, 1.165) is 5.69 Å². The third-order valence-corrected chi connectivity index (χ3v) is 2.77. The molecule has 0 aliphatic carbocycles. The highest BCUT2D eigenvalue weighted by Gasteiger charge is 2.08. The Morgan fingerprint density at radius 3 is 2.94 bits per heavy atom. The van der Waals surface area contributed by atoms with Crippen molar-refractivity contribution in [2.24, 2.45) is 0 Å². The molecule has 0 unspecified atom stereocenters. The highest BCUT2D eigenvalue weighted by molar-refractivity contribution is 7.07. The Morgan fingerprint density at radius 2 is 2.35 bits per heavy atom. The molecule has 1 heterocycles. The van der Waals surface area contributed by atoms with Crippen molar-refractivity contribution >= 4 is 23.3 Å². The van der Waals surface area contributed by atoms with Gasteiger partial charge in [-0.1, -0.05) is 0 Å². The van der Waals surface area contributed by atoms with E-state index in [1.807, 2.05) is 5.38 Å². The first kappa shape index (κ1) is 13.4. The molecule has 0 saturated heterocycles. The predicted octanol–water partition coefficient (Wildman–Crippen LogP) is 1.15. The lowest BCUT2D eigenvalue weighted by Crippen LogP contribution is -2.37. The number of aromatic nitrogens is 1. The fourth-order valence-electron chi connectivity index (χ4n) is 1.19. The van der Waals surface area contributed by atoms with Crippen molar-refractivity contribution in [1.82, 2.24) is 15.2 Å². The molecule has 0 aliphatic rings. The Kier molecular flexibility index (Phi) is 5.41. The van der Waals surface area contributed by atoms with Crippen LogP contribution in [0.4, 0.5) is 4.79 Å². The number of thiazole rings is 1. The molecule has 0 saturated carbocycles. The van der Waals surface area contributed by atoms with Crippen molar-refractivity contribution < 1.29 is 14.7 Å². The third-order valence-electron chi connectivity index (χ3n) is 2.14. The van der Waals surface area contributed by atoms with Crippen molar-refractivity contribution in [1.29, 1.82) is 0 Å². The van der Waals surface area contributed by atoms with Crippen LogP contribution in [-0.2, 0) is 11.3 Å². The number of nitrogens with zero attached hydrogens (tertiary/aromatic N) is 2. The molecule has 7 heteroatoms. The van der Waals surface area contributed by atoms with Crippen molar-refractivity contribution in [3.05, 3.63) is 16.6 Å². The standard InChI is InChI=1S/C10H15N3O3S/c1-13(4-2-3-9(14)15)10(16)11-5-8-6-17-7-12-8/h6-7H,2-5H2,1H3,(H,11,16)(H,14,15). The second-order valence-electron chi connectivity index (χ2n) is 3.56. The highest BCUT2D eigenvalue weighted by atomic mass is 32.1. The maximum atomic E-state index is 11.6. The van der Waals surface area contributed by atoms with E-state index in [9.17, 15) is 9.59 Å². The second kappa shape index (κ2) is 6.85. The van der Waals surface area contributed by atoms with Crippen LogP contribution in [0.3, 0.4) is 0 Å². The first-order valence-corrected chi connectivity index (χ1v) is 6.11. The lowest BCUT2D eigenvalue weighted by molar-refractivity contribution is -0.137. The van der Waals surface area contributed by atoms with Gasteiger partial charge >= 0.3 is 12.0 Å². The first-order chi connectivity index (χ1) is 8.09. The van der Waals surface area contributed by atoms with Gasteiger partial charge in [0, 0.05) is 25.4 Å². The Morgan fingerprint density at radius 1 is 1.59 bits per heavy atom. The van der Waals surface area contributed by atoms with Crippen LogP contribution in [-0.4, -0.2) is 40.6 Å². The summed E-state index contributed by atoms with van der Waals surface area (Å²) in [6, 6.07) is -0.219. The number of hydrogen-bond acceptors (Lipinski definition) is 4. The number of carboxylic acids is 1. The lowest BCUT2D eigenvalue weighted by Gasteiger charge is -2.16. The van der Waals surface area contributed by atoms with Gasteiger partial charge in [-0.3, -0.25) is 4.79 Å². The SMILES string of the molecule is CN(CCCC(=O)O)C(=O)NCc1cscn1. The number of aliphatic carboxylic acids is 1. The minimum absolute atomic E-state index is 0.0731. The molecule has 1 rings (SSSR count). The minimum Gasteiger partial charge on any atom is -0.481 e. The molecule has 1 aromatic heterocycles. The molecule has 2 N–H and O–H groups in total. The number of nitrogens with one attached hydrogen (secondary N) is 1. The molecule has 94 valence electrons. The molecule has 1 aromatic rings. The van der Waals surface area contributed by atoms with Crippen molar-refractivity contribution in [2.75, 3.05) is 13.6 Å². The monoisotopic (exact) mass is 257 g/mol. The topological polar surface area (TPSA) is 82.5 Å². The number of hydrogen-bond donors (Lipinski definition) is 2. The number of carbonyl (C=O) groups is 2. The molecule has 2 amide bonds. The normalized spacial score (nSPS) is 9.94. The van der Waals surface area contributed by atoms with E-state index in [1.165, 1.54) is 16.2 Å². The number of rotatable bonds is 6. The minimum atomic E-state index is -0.846. The van der Waals surface area contributed by atoms with E-state index >= 15 is 0 Å². The maximum Gasteiger partial charge on any atom is 0.317 e.